The van der Waals surface area contributed by atoms with E-state index in [4.69, 9.17) is 11.6 Å². The van der Waals surface area contributed by atoms with E-state index >= 15 is 0 Å². The number of carbonyl (C=O) groups excluding carboxylic acids is 2. The summed E-state index contributed by atoms with van der Waals surface area (Å²) in [6.45, 7) is 3.75. The highest BCUT2D eigenvalue weighted by Crippen LogP contribution is 2.33. The lowest BCUT2D eigenvalue weighted by atomic mass is 10.1. The standard InChI is InChI=1S/C23H20ClN5O2S/c1-13(2)26-22(31)27-16-6-7-17(24)19(12-16)28-23-29-21(30)20(32-23)11-14-5-8-18-15(10-14)4-3-9-25-18/h3-13H,1-2H3,(H2,26,27,31)(H,28,29,30)/b20-11-. The number of urea groups is 1. The number of pyridine rings is 1. The summed E-state index contributed by atoms with van der Waals surface area (Å²) in [6, 6.07) is 14.3. The number of fused-ring (bicyclic) bond motifs is 1. The summed E-state index contributed by atoms with van der Waals surface area (Å²) < 4.78 is 0. The van der Waals surface area contributed by atoms with Crippen LogP contribution in [-0.4, -0.2) is 28.1 Å². The van der Waals surface area contributed by atoms with Gasteiger partial charge in [-0.1, -0.05) is 23.7 Å². The highest BCUT2D eigenvalue weighted by Gasteiger charge is 2.24. The molecule has 0 aliphatic carbocycles. The molecule has 2 aromatic carbocycles. The number of hydrogen-bond donors (Lipinski definition) is 3. The summed E-state index contributed by atoms with van der Waals surface area (Å²) >= 11 is 7.50. The van der Waals surface area contributed by atoms with E-state index in [-0.39, 0.29) is 18.0 Å². The maximum absolute atomic E-state index is 12.5. The van der Waals surface area contributed by atoms with Crippen LogP contribution in [0, 0.1) is 0 Å². The molecule has 0 radical (unpaired) electrons. The lowest BCUT2D eigenvalue weighted by molar-refractivity contribution is -0.115. The van der Waals surface area contributed by atoms with E-state index in [0.29, 0.717) is 26.5 Å². The van der Waals surface area contributed by atoms with Crippen molar-refractivity contribution in [1.82, 2.24) is 15.6 Å². The number of amidine groups is 1. The molecule has 1 saturated heterocycles. The minimum Gasteiger partial charge on any atom is -0.336 e. The molecular weight excluding hydrogens is 446 g/mol. The molecule has 2 heterocycles. The zero-order chi connectivity index (χ0) is 22.7. The van der Waals surface area contributed by atoms with E-state index in [9.17, 15) is 9.59 Å². The van der Waals surface area contributed by atoms with Crippen molar-refractivity contribution in [2.24, 2.45) is 4.99 Å². The number of aromatic nitrogens is 1. The van der Waals surface area contributed by atoms with Gasteiger partial charge in [0.05, 0.1) is 21.1 Å². The van der Waals surface area contributed by atoms with Crippen LogP contribution >= 0.6 is 23.4 Å². The number of carbonyl (C=O) groups is 2. The van der Waals surface area contributed by atoms with Gasteiger partial charge in [-0.25, -0.2) is 9.79 Å². The molecule has 3 aromatic rings. The molecule has 4 rings (SSSR count). The van der Waals surface area contributed by atoms with Crippen molar-refractivity contribution < 1.29 is 9.59 Å². The first-order chi connectivity index (χ1) is 15.4. The first-order valence-corrected chi connectivity index (χ1v) is 11.1. The Morgan fingerprint density at radius 2 is 2.06 bits per heavy atom. The van der Waals surface area contributed by atoms with E-state index in [1.807, 2.05) is 50.3 Å². The molecular formula is C23H20ClN5O2S. The quantitative estimate of drug-likeness (QED) is 0.455. The van der Waals surface area contributed by atoms with Gasteiger partial charge in [0.15, 0.2) is 5.17 Å². The van der Waals surface area contributed by atoms with Gasteiger partial charge in [-0.15, -0.1) is 0 Å². The summed E-state index contributed by atoms with van der Waals surface area (Å²) in [7, 11) is 0. The molecule has 0 spiro atoms. The second-order valence-corrected chi connectivity index (χ2v) is 8.79. The number of thioether (sulfide) groups is 1. The third-order valence-electron chi connectivity index (χ3n) is 4.42. The van der Waals surface area contributed by atoms with Gasteiger partial charge in [0.1, 0.15) is 0 Å². The number of amides is 3. The fourth-order valence-corrected chi connectivity index (χ4v) is 4.03. The predicted molar refractivity (Wildman–Crippen MR) is 131 cm³/mol. The minimum atomic E-state index is -0.319. The maximum atomic E-state index is 12.5. The molecule has 0 bridgehead atoms. The summed E-state index contributed by atoms with van der Waals surface area (Å²) in [5, 5.41) is 10.1. The van der Waals surface area contributed by atoms with Crippen molar-refractivity contribution in [2.75, 3.05) is 5.32 Å². The van der Waals surface area contributed by atoms with Crippen LogP contribution in [0.5, 0.6) is 0 Å². The first kappa shape index (κ1) is 21.9. The largest absolute Gasteiger partial charge is 0.336 e. The van der Waals surface area contributed by atoms with Crippen molar-refractivity contribution in [3.8, 4) is 0 Å². The van der Waals surface area contributed by atoms with Crippen LogP contribution in [-0.2, 0) is 4.79 Å². The number of anilines is 1. The van der Waals surface area contributed by atoms with Crippen molar-refractivity contribution in [2.45, 2.75) is 19.9 Å². The van der Waals surface area contributed by atoms with Gasteiger partial charge in [0, 0.05) is 23.3 Å². The molecule has 1 aliphatic heterocycles. The molecule has 7 nitrogen and oxygen atoms in total. The van der Waals surface area contributed by atoms with Gasteiger partial charge in [-0.3, -0.25) is 9.78 Å². The van der Waals surface area contributed by atoms with Crippen LogP contribution in [0.3, 0.4) is 0 Å². The van der Waals surface area contributed by atoms with E-state index < -0.39 is 0 Å². The van der Waals surface area contributed by atoms with Crippen molar-refractivity contribution in [3.05, 3.63) is 70.2 Å². The normalized spacial score (nSPS) is 16.1. The molecule has 3 N–H and O–H groups in total. The highest BCUT2D eigenvalue weighted by atomic mass is 35.5. The molecule has 0 atom stereocenters. The molecule has 3 amide bonds. The number of aliphatic imine (C=N–C) groups is 1. The zero-order valence-corrected chi connectivity index (χ0v) is 18.9. The third-order valence-corrected chi connectivity index (χ3v) is 5.65. The number of rotatable bonds is 4. The van der Waals surface area contributed by atoms with E-state index in [0.717, 1.165) is 16.5 Å². The number of halogens is 1. The van der Waals surface area contributed by atoms with E-state index in [1.165, 1.54) is 11.8 Å². The lowest BCUT2D eigenvalue weighted by Crippen LogP contribution is -2.34. The predicted octanol–water partition coefficient (Wildman–Crippen LogP) is 5.31. The first-order valence-electron chi connectivity index (χ1n) is 9.89. The Labute approximate surface area is 194 Å². The summed E-state index contributed by atoms with van der Waals surface area (Å²) in [5.74, 6) is -0.234. The van der Waals surface area contributed by atoms with Crippen LogP contribution < -0.4 is 16.0 Å². The van der Waals surface area contributed by atoms with Gasteiger partial charge >= 0.3 is 6.03 Å². The van der Waals surface area contributed by atoms with Gasteiger partial charge in [-0.05, 0) is 73.6 Å². The van der Waals surface area contributed by atoms with E-state index in [1.54, 1.807) is 24.4 Å². The topological polar surface area (TPSA) is 95.5 Å². The Balaban J connectivity index is 1.54. The maximum Gasteiger partial charge on any atom is 0.319 e. The number of nitrogens with one attached hydrogen (secondary N) is 3. The zero-order valence-electron chi connectivity index (χ0n) is 17.3. The fraction of sp³-hybridized carbons (Fsp3) is 0.130. The van der Waals surface area contributed by atoms with Crippen LogP contribution in [0.25, 0.3) is 17.0 Å². The lowest BCUT2D eigenvalue weighted by Gasteiger charge is -2.11. The molecule has 1 aliphatic rings. The second kappa shape index (κ2) is 9.42. The molecule has 1 aromatic heterocycles. The second-order valence-electron chi connectivity index (χ2n) is 7.36. The Hall–Kier alpha value is -3.36. The minimum absolute atomic E-state index is 0.0104. The molecule has 32 heavy (non-hydrogen) atoms. The van der Waals surface area contributed by atoms with Gasteiger partial charge in [0.25, 0.3) is 5.91 Å². The smallest absolute Gasteiger partial charge is 0.319 e. The van der Waals surface area contributed by atoms with E-state index in [2.05, 4.69) is 25.9 Å². The van der Waals surface area contributed by atoms with Gasteiger partial charge in [0.2, 0.25) is 0 Å². The average molecular weight is 466 g/mol. The third kappa shape index (κ3) is 5.27. The van der Waals surface area contributed by atoms with Crippen LogP contribution in [0.1, 0.15) is 19.4 Å². The highest BCUT2D eigenvalue weighted by molar-refractivity contribution is 8.18. The van der Waals surface area contributed by atoms with Gasteiger partial charge in [-0.2, -0.15) is 0 Å². The van der Waals surface area contributed by atoms with Crippen LogP contribution in [0.2, 0.25) is 5.02 Å². The van der Waals surface area contributed by atoms with Crippen LogP contribution in [0.4, 0.5) is 16.2 Å². The van der Waals surface area contributed by atoms with Crippen LogP contribution in [0.15, 0.2) is 64.6 Å². The van der Waals surface area contributed by atoms with Crippen molar-refractivity contribution >= 4 is 68.8 Å². The number of benzene rings is 2. The average Bonchev–Trinajstić information content (AvgIpc) is 3.08. The van der Waals surface area contributed by atoms with Gasteiger partial charge < -0.3 is 16.0 Å². The van der Waals surface area contributed by atoms with Crippen molar-refractivity contribution in [3.63, 3.8) is 0 Å². The monoisotopic (exact) mass is 465 g/mol. The number of hydrogen-bond acceptors (Lipinski definition) is 5. The molecule has 1 fully saturated rings. The molecule has 0 unspecified atom stereocenters. The Kier molecular flexibility index (Phi) is 6.43. The van der Waals surface area contributed by atoms with Crippen molar-refractivity contribution in [1.29, 1.82) is 0 Å². The summed E-state index contributed by atoms with van der Waals surface area (Å²) in [6.07, 6.45) is 3.56. The summed E-state index contributed by atoms with van der Waals surface area (Å²) in [4.78, 5) is 33.7. The molecule has 162 valence electrons. The Bertz CT molecular complexity index is 1270. The Morgan fingerprint density at radius 3 is 2.88 bits per heavy atom. The SMILES string of the molecule is CC(C)NC(=O)Nc1ccc(Cl)c(N=C2NC(=O)/C(=C/c3ccc4ncccc4c3)S2)c1. The fourth-order valence-electron chi connectivity index (χ4n) is 3.03. The number of nitrogens with zero attached hydrogens (tertiary/aromatic N) is 2. The summed E-state index contributed by atoms with van der Waals surface area (Å²) in [5.41, 5.74) is 2.77. The molecule has 0 saturated carbocycles. The molecule has 9 heteroatoms. The Morgan fingerprint density at radius 1 is 1.22 bits per heavy atom.